The second-order valence-corrected chi connectivity index (χ2v) is 10.2. The van der Waals surface area contributed by atoms with Gasteiger partial charge in [0.1, 0.15) is 5.82 Å². The molecule has 0 bridgehead atoms. The number of piperazine rings is 1. The molecule has 0 atom stereocenters. The SMILES string of the molecule is Cc1cc(NCc2ccc(NC(=O)Cc3cc(Br)cs3)cc2)nc(N2CCN(CCN)CC2)n1. The molecule has 10 heteroatoms. The van der Waals surface area contributed by atoms with Crippen LogP contribution in [0.3, 0.4) is 0 Å². The maximum atomic E-state index is 12.3. The molecule has 1 aliphatic heterocycles. The molecule has 0 radical (unpaired) electrons. The molecule has 1 aliphatic rings. The van der Waals surface area contributed by atoms with Crippen molar-refractivity contribution in [2.75, 3.05) is 54.8 Å². The minimum atomic E-state index is -0.0203. The minimum absolute atomic E-state index is 0.0203. The monoisotopic (exact) mass is 543 g/mol. The summed E-state index contributed by atoms with van der Waals surface area (Å²) in [6.45, 7) is 8.01. The molecule has 1 aromatic carbocycles. The Kier molecular flexibility index (Phi) is 8.49. The van der Waals surface area contributed by atoms with Crippen molar-refractivity contribution in [3.8, 4) is 0 Å². The Morgan fingerprint density at radius 1 is 1.15 bits per heavy atom. The third kappa shape index (κ3) is 6.99. The Morgan fingerprint density at radius 2 is 1.91 bits per heavy atom. The van der Waals surface area contributed by atoms with E-state index in [1.54, 1.807) is 11.3 Å². The highest BCUT2D eigenvalue weighted by molar-refractivity contribution is 9.10. The number of hydrogen-bond acceptors (Lipinski definition) is 8. The van der Waals surface area contributed by atoms with E-state index in [9.17, 15) is 4.79 Å². The topological polar surface area (TPSA) is 99.4 Å². The fourth-order valence-corrected chi connectivity index (χ4v) is 5.30. The first-order valence-electron chi connectivity index (χ1n) is 11.4. The van der Waals surface area contributed by atoms with Crippen LogP contribution in [0.4, 0.5) is 17.5 Å². The van der Waals surface area contributed by atoms with E-state index in [1.807, 2.05) is 48.7 Å². The molecular weight excluding hydrogens is 514 g/mol. The van der Waals surface area contributed by atoms with E-state index in [0.717, 1.165) is 70.8 Å². The fourth-order valence-electron chi connectivity index (χ4n) is 3.85. The fraction of sp³-hybridized carbons (Fsp3) is 0.375. The molecule has 1 amide bonds. The Hall–Kier alpha value is -2.53. The molecule has 0 unspecified atom stereocenters. The lowest BCUT2D eigenvalue weighted by atomic mass is 10.2. The van der Waals surface area contributed by atoms with E-state index in [0.29, 0.717) is 19.5 Å². The maximum Gasteiger partial charge on any atom is 0.229 e. The molecule has 2 aromatic heterocycles. The minimum Gasteiger partial charge on any atom is -0.366 e. The second kappa shape index (κ2) is 11.7. The van der Waals surface area contributed by atoms with Gasteiger partial charge in [-0.15, -0.1) is 11.3 Å². The summed E-state index contributed by atoms with van der Waals surface area (Å²) in [4.78, 5) is 27.3. The van der Waals surface area contributed by atoms with Crippen LogP contribution in [0.15, 0.2) is 46.3 Å². The van der Waals surface area contributed by atoms with Crippen LogP contribution in [0.2, 0.25) is 0 Å². The van der Waals surface area contributed by atoms with Gasteiger partial charge in [-0.1, -0.05) is 12.1 Å². The van der Waals surface area contributed by atoms with Crippen LogP contribution in [0.25, 0.3) is 0 Å². The molecule has 0 aliphatic carbocycles. The van der Waals surface area contributed by atoms with Crippen molar-refractivity contribution in [3.63, 3.8) is 0 Å². The summed E-state index contributed by atoms with van der Waals surface area (Å²) in [7, 11) is 0. The van der Waals surface area contributed by atoms with E-state index < -0.39 is 0 Å². The van der Waals surface area contributed by atoms with Gasteiger partial charge in [-0.05, 0) is 46.6 Å². The Labute approximate surface area is 212 Å². The first kappa shape index (κ1) is 24.6. The predicted octanol–water partition coefficient (Wildman–Crippen LogP) is 3.48. The van der Waals surface area contributed by atoms with Crippen molar-refractivity contribution in [3.05, 3.63) is 62.4 Å². The molecule has 4 rings (SSSR count). The van der Waals surface area contributed by atoms with Crippen molar-refractivity contribution in [2.45, 2.75) is 19.9 Å². The van der Waals surface area contributed by atoms with Gasteiger partial charge in [0.15, 0.2) is 0 Å². The summed E-state index contributed by atoms with van der Waals surface area (Å²) >= 11 is 4.99. The molecular formula is C24H30BrN7OS. The molecule has 1 saturated heterocycles. The number of carbonyl (C=O) groups excluding carboxylic acids is 1. The third-order valence-corrected chi connectivity index (χ3v) is 7.31. The molecule has 0 saturated carbocycles. The van der Waals surface area contributed by atoms with Gasteiger partial charge in [-0.25, -0.2) is 4.98 Å². The number of carbonyl (C=O) groups is 1. The van der Waals surface area contributed by atoms with Gasteiger partial charge in [-0.2, -0.15) is 4.98 Å². The Balaban J connectivity index is 1.29. The van der Waals surface area contributed by atoms with Gasteiger partial charge < -0.3 is 21.3 Å². The number of nitrogens with one attached hydrogen (secondary N) is 2. The van der Waals surface area contributed by atoms with Gasteiger partial charge in [-0.3, -0.25) is 9.69 Å². The summed E-state index contributed by atoms with van der Waals surface area (Å²) < 4.78 is 1.01. The average Bonchev–Trinajstić information content (AvgIpc) is 3.23. The van der Waals surface area contributed by atoms with Crippen LogP contribution < -0.4 is 21.3 Å². The predicted molar refractivity (Wildman–Crippen MR) is 143 cm³/mol. The smallest absolute Gasteiger partial charge is 0.229 e. The van der Waals surface area contributed by atoms with Crippen LogP contribution in [0.5, 0.6) is 0 Å². The highest BCUT2D eigenvalue weighted by Gasteiger charge is 2.19. The highest BCUT2D eigenvalue weighted by Crippen LogP contribution is 2.21. The number of aryl methyl sites for hydroxylation is 1. The lowest BCUT2D eigenvalue weighted by Crippen LogP contribution is -2.48. The van der Waals surface area contributed by atoms with Crippen molar-refractivity contribution in [1.29, 1.82) is 0 Å². The zero-order chi connectivity index (χ0) is 23.9. The summed E-state index contributed by atoms with van der Waals surface area (Å²) in [5.41, 5.74) is 8.51. The largest absolute Gasteiger partial charge is 0.366 e. The molecule has 8 nitrogen and oxygen atoms in total. The number of thiophene rings is 1. The third-order valence-electron chi connectivity index (χ3n) is 5.61. The highest BCUT2D eigenvalue weighted by atomic mass is 79.9. The standard InChI is InChI=1S/C24H30BrN7OS/c1-17-12-22(30-24(28-17)32-10-8-31(7-6-26)9-11-32)27-15-18-2-4-20(5-3-18)29-23(33)14-21-13-19(25)16-34-21/h2-5,12-13,16H,6-11,14-15,26H2,1H3,(H,29,33)(H,27,28,30). The maximum absolute atomic E-state index is 12.3. The molecule has 1 fully saturated rings. The molecule has 180 valence electrons. The van der Waals surface area contributed by atoms with Crippen LogP contribution >= 0.6 is 27.3 Å². The number of aromatic nitrogens is 2. The van der Waals surface area contributed by atoms with Crippen molar-refractivity contribution in [1.82, 2.24) is 14.9 Å². The number of anilines is 3. The lowest BCUT2D eigenvalue weighted by Gasteiger charge is -2.34. The van der Waals surface area contributed by atoms with Crippen LogP contribution in [-0.2, 0) is 17.8 Å². The van der Waals surface area contributed by atoms with Crippen molar-refractivity contribution < 1.29 is 4.79 Å². The lowest BCUT2D eigenvalue weighted by molar-refractivity contribution is -0.115. The normalized spacial score (nSPS) is 14.3. The second-order valence-electron chi connectivity index (χ2n) is 8.32. The van der Waals surface area contributed by atoms with E-state index in [2.05, 4.69) is 41.3 Å². The average molecular weight is 545 g/mol. The number of nitrogens with two attached hydrogens (primary N) is 1. The van der Waals surface area contributed by atoms with Crippen LogP contribution in [0, 0.1) is 6.92 Å². The quantitative estimate of drug-likeness (QED) is 0.379. The van der Waals surface area contributed by atoms with Gasteiger partial charge in [0.2, 0.25) is 11.9 Å². The first-order chi connectivity index (χ1) is 16.5. The number of rotatable bonds is 9. The molecule has 0 spiro atoms. The van der Waals surface area contributed by atoms with Gasteiger partial charge in [0, 0.05) is 78.0 Å². The van der Waals surface area contributed by atoms with E-state index in [-0.39, 0.29) is 5.91 Å². The molecule has 3 heterocycles. The zero-order valence-corrected chi connectivity index (χ0v) is 21.7. The van der Waals surface area contributed by atoms with Crippen molar-refractivity contribution in [2.24, 2.45) is 5.73 Å². The Morgan fingerprint density at radius 3 is 2.59 bits per heavy atom. The molecule has 3 aromatic rings. The van der Waals surface area contributed by atoms with Gasteiger partial charge >= 0.3 is 0 Å². The van der Waals surface area contributed by atoms with Gasteiger partial charge in [0.25, 0.3) is 0 Å². The summed E-state index contributed by atoms with van der Waals surface area (Å²) in [6, 6.07) is 11.8. The summed E-state index contributed by atoms with van der Waals surface area (Å²) in [6.07, 6.45) is 0.372. The first-order valence-corrected chi connectivity index (χ1v) is 13.0. The molecule has 4 N–H and O–H groups in total. The number of nitrogens with zero attached hydrogens (tertiary/aromatic N) is 4. The van der Waals surface area contributed by atoms with Crippen LogP contribution in [-0.4, -0.2) is 60.0 Å². The number of hydrogen-bond donors (Lipinski definition) is 3. The van der Waals surface area contributed by atoms with Crippen LogP contribution in [0.1, 0.15) is 16.1 Å². The number of halogens is 1. The number of benzene rings is 1. The Bertz CT molecular complexity index is 1100. The van der Waals surface area contributed by atoms with E-state index >= 15 is 0 Å². The van der Waals surface area contributed by atoms with E-state index in [1.165, 1.54) is 0 Å². The number of amides is 1. The van der Waals surface area contributed by atoms with E-state index in [4.69, 9.17) is 10.7 Å². The molecule has 34 heavy (non-hydrogen) atoms. The van der Waals surface area contributed by atoms with Gasteiger partial charge in [0.05, 0.1) is 6.42 Å². The van der Waals surface area contributed by atoms with Crippen molar-refractivity contribution >= 4 is 50.6 Å². The summed E-state index contributed by atoms with van der Waals surface area (Å²) in [5.74, 6) is 1.56. The zero-order valence-electron chi connectivity index (χ0n) is 19.3. The summed E-state index contributed by atoms with van der Waals surface area (Å²) in [5, 5.41) is 8.35.